The molecule has 0 aromatic carbocycles. The van der Waals surface area contributed by atoms with Crippen LogP contribution in [0.2, 0.25) is 0 Å². The Balaban J connectivity index is -0.0000000522. The fourth-order valence-electron chi connectivity index (χ4n) is 0. The van der Waals surface area contributed by atoms with E-state index >= 15 is 0 Å². The minimum atomic E-state index is -6.06. The first-order valence-corrected chi connectivity index (χ1v) is 7.50. The Morgan fingerprint density at radius 2 is 0.643 bits per heavy atom. The van der Waals surface area contributed by atoms with Gasteiger partial charge in [-0.1, -0.05) is 0 Å². The van der Waals surface area contributed by atoms with E-state index in [-0.39, 0.29) is 48.9 Å². The van der Waals surface area contributed by atoms with E-state index in [0.29, 0.717) is 0 Å². The molecule has 0 atom stereocenters. The molecule has 0 aliphatic heterocycles. The molecule has 0 heterocycles. The van der Waals surface area contributed by atoms with Crippen molar-refractivity contribution in [2.75, 3.05) is 0 Å². The summed E-state index contributed by atoms with van der Waals surface area (Å²) >= 11 is -6.06. The van der Waals surface area contributed by atoms with Crippen molar-refractivity contribution >= 4 is 48.9 Å². The molecular weight excluding hydrogens is 558 g/mol. The van der Waals surface area contributed by atoms with Gasteiger partial charge in [-0.3, -0.25) is 0 Å². The van der Waals surface area contributed by atoms with Gasteiger partial charge in [0.1, 0.15) is 0 Å². The zero-order chi connectivity index (χ0) is 11.7. The first-order valence-electron chi connectivity index (χ1n) is 1.50. The number of hydrogen-bond donors (Lipinski definition) is 0. The summed E-state index contributed by atoms with van der Waals surface area (Å²) in [6.45, 7) is 0. The van der Waals surface area contributed by atoms with Gasteiger partial charge >= 0.3 is 77.9 Å². The second kappa shape index (κ2) is 14.7. The van der Waals surface area contributed by atoms with Crippen LogP contribution in [-0.4, -0.2) is 48.9 Å². The quantitative estimate of drug-likeness (QED) is 0.257. The summed E-state index contributed by atoms with van der Waals surface area (Å²) in [6, 6.07) is 0. The van der Waals surface area contributed by atoms with Gasteiger partial charge in [0.25, 0.3) is 0 Å². The van der Waals surface area contributed by atoms with Gasteiger partial charge in [0, 0.05) is 0 Å². The second-order valence-corrected chi connectivity index (χ2v) is 4.03. The van der Waals surface area contributed by atoms with Crippen LogP contribution in [0.1, 0.15) is 0 Å². The van der Waals surface area contributed by atoms with Gasteiger partial charge in [0.05, 0.1) is 21.6 Å². The third-order valence-corrected chi connectivity index (χ3v) is 0. The summed E-state index contributed by atoms with van der Waals surface area (Å²) in [4.78, 5) is 0. The summed E-state index contributed by atoms with van der Waals surface area (Å²) in [7, 11) is -5.70. The van der Waals surface area contributed by atoms with Gasteiger partial charge in [0.15, 0.2) is 0 Å². The van der Waals surface area contributed by atoms with Crippen LogP contribution >= 0.6 is 0 Å². The van der Waals surface area contributed by atoms with Gasteiger partial charge in [-0.2, -0.15) is 0 Å². The molecule has 0 amide bonds. The van der Waals surface area contributed by atoms with Crippen LogP contribution in [0, 0.1) is 21.6 Å². The standard InChI is InChI=1S/Ba.2ClO3.4O.Os/c;2*2-1(3)4;;;;;/q+2;2*-1;;;;;. The van der Waals surface area contributed by atoms with Gasteiger partial charge in [-0.15, -0.1) is 0 Å². The molecule has 0 aliphatic carbocycles. The molecule has 0 unspecified atom stereocenters. The molecule has 0 saturated heterocycles. The van der Waals surface area contributed by atoms with Crippen molar-refractivity contribution in [3.05, 3.63) is 0 Å². The summed E-state index contributed by atoms with van der Waals surface area (Å²) in [5.74, 6) is 0. The zero-order valence-electron chi connectivity index (χ0n) is 5.90. The van der Waals surface area contributed by atoms with E-state index in [4.69, 9.17) is 42.1 Å². The molecular formula is BaCl2O10Os. The van der Waals surface area contributed by atoms with E-state index in [1.54, 1.807) is 0 Å². The SMILES string of the molecule is [Ba+2].[O-][Cl+2]([O-])[O-].[O-][Cl+2]([O-])[O-].[O]=[Os](=[O])(=[O])=[O]. The molecule has 0 rings (SSSR count). The molecule has 0 N–H and O–H groups in total. The molecule has 0 radical (unpaired) electrons. The molecule has 0 aromatic rings. The van der Waals surface area contributed by atoms with E-state index in [1.807, 2.05) is 0 Å². The Morgan fingerprint density at radius 1 is 0.643 bits per heavy atom. The fraction of sp³-hybridized carbons (Fsp3) is 0. The van der Waals surface area contributed by atoms with E-state index in [9.17, 15) is 0 Å². The minimum absolute atomic E-state index is 0. The van der Waals surface area contributed by atoms with Crippen molar-refractivity contribution in [1.29, 1.82) is 0 Å². The van der Waals surface area contributed by atoms with Crippen LogP contribution in [0.4, 0.5) is 0 Å². The predicted octanol–water partition coefficient (Wildman–Crippen LogP) is -7.99. The van der Waals surface area contributed by atoms with Gasteiger partial charge < -0.3 is 28.0 Å². The Morgan fingerprint density at radius 3 is 0.643 bits per heavy atom. The summed E-state index contributed by atoms with van der Waals surface area (Å²) in [5.41, 5.74) is 0. The van der Waals surface area contributed by atoms with Crippen molar-refractivity contribution < 1.29 is 78.5 Å². The van der Waals surface area contributed by atoms with E-state index in [1.165, 1.54) is 0 Å². The van der Waals surface area contributed by atoms with Crippen LogP contribution < -0.4 is 28.0 Å². The number of rotatable bonds is 0. The van der Waals surface area contributed by atoms with Crippen molar-refractivity contribution in [1.82, 2.24) is 0 Å². The molecule has 14 heavy (non-hydrogen) atoms. The molecule has 0 bridgehead atoms. The average molecular weight is 558 g/mol. The van der Waals surface area contributed by atoms with Gasteiger partial charge in [-0.05, 0) is 0 Å². The first kappa shape index (κ1) is 24.8. The average Bonchev–Trinajstić information content (AvgIpc) is 1.50. The summed E-state index contributed by atoms with van der Waals surface area (Å²) < 4.78 is 85.0. The molecule has 0 aliphatic rings. The Bertz CT molecular complexity index is 230. The number of halogens is 2. The molecule has 0 aromatic heterocycles. The van der Waals surface area contributed by atoms with E-state index in [0.717, 1.165) is 0 Å². The van der Waals surface area contributed by atoms with Crippen LogP contribution in [0.15, 0.2) is 0 Å². The van der Waals surface area contributed by atoms with Gasteiger partial charge in [0.2, 0.25) is 0 Å². The fourth-order valence-corrected chi connectivity index (χ4v) is 0. The third-order valence-electron chi connectivity index (χ3n) is 0. The first-order chi connectivity index (χ1) is 5.46. The van der Waals surface area contributed by atoms with E-state index in [2.05, 4.69) is 0 Å². The summed E-state index contributed by atoms with van der Waals surface area (Å²) in [6.07, 6.45) is 0. The normalized spacial score (nSPS) is 9.14. The van der Waals surface area contributed by atoms with Crippen molar-refractivity contribution in [2.45, 2.75) is 0 Å². The zero-order valence-corrected chi connectivity index (χ0v) is 14.4. The van der Waals surface area contributed by atoms with Crippen molar-refractivity contribution in [2.24, 2.45) is 0 Å². The topological polar surface area (TPSA) is 207 Å². The molecule has 14 heteroatoms. The molecule has 0 spiro atoms. The molecule has 10 nitrogen and oxygen atoms in total. The Hall–Kier alpha value is 1.75. The Labute approximate surface area is 125 Å². The van der Waals surface area contributed by atoms with Gasteiger partial charge in [-0.25, -0.2) is 0 Å². The summed E-state index contributed by atoms with van der Waals surface area (Å²) in [5, 5.41) is 0. The monoisotopic (exact) mass is 560 g/mol. The maximum atomic E-state index is 8.63. The molecule has 84 valence electrons. The van der Waals surface area contributed by atoms with Crippen molar-refractivity contribution in [3.8, 4) is 0 Å². The van der Waals surface area contributed by atoms with E-state index < -0.39 is 36.4 Å². The molecule has 0 saturated carbocycles. The maximum absolute atomic E-state index is 8.63. The van der Waals surface area contributed by atoms with Crippen LogP contribution in [0.5, 0.6) is 0 Å². The third kappa shape index (κ3) is 731. The predicted molar refractivity (Wildman–Crippen MR) is 8.50 cm³/mol. The Kier molecular flexibility index (Phi) is 26.1. The van der Waals surface area contributed by atoms with Crippen molar-refractivity contribution in [3.63, 3.8) is 0 Å². The number of hydrogen-bond acceptors (Lipinski definition) is 10. The van der Waals surface area contributed by atoms with Crippen LogP contribution in [0.3, 0.4) is 0 Å². The van der Waals surface area contributed by atoms with Crippen LogP contribution in [-0.2, 0) is 29.0 Å². The second-order valence-electron chi connectivity index (χ2n) is 0.732. The molecule has 0 fully saturated rings. The van der Waals surface area contributed by atoms with Crippen LogP contribution in [0.25, 0.3) is 0 Å².